The predicted octanol–water partition coefficient (Wildman–Crippen LogP) is 3.14. The molecule has 1 saturated heterocycles. The summed E-state index contributed by atoms with van der Waals surface area (Å²) in [6, 6.07) is 4.80. The van der Waals surface area contributed by atoms with Gasteiger partial charge in [0.05, 0.1) is 17.2 Å². The molecule has 1 aromatic carbocycles. The third kappa shape index (κ3) is 4.35. The maximum Gasteiger partial charge on any atom is 0.327 e. The molecule has 2 rings (SSSR count). The molecular weight excluding hydrogens is 323 g/mol. The van der Waals surface area contributed by atoms with Crippen molar-refractivity contribution >= 4 is 29.2 Å². The molecule has 0 aromatic heterocycles. The molecule has 1 N–H and O–H groups in total. The van der Waals surface area contributed by atoms with Crippen molar-refractivity contribution in [2.45, 2.75) is 18.9 Å². The monoisotopic (exact) mass is 344 g/mol. The summed E-state index contributed by atoms with van der Waals surface area (Å²) in [4.78, 5) is 14.3. The lowest BCUT2D eigenvalue weighted by Gasteiger charge is -2.32. The van der Waals surface area contributed by atoms with E-state index in [9.17, 15) is 4.79 Å². The van der Waals surface area contributed by atoms with E-state index in [2.05, 4.69) is 5.32 Å². The van der Waals surface area contributed by atoms with Crippen molar-refractivity contribution in [3.8, 4) is 0 Å². The molecular formula is C16H22Cl2N2O2. The summed E-state index contributed by atoms with van der Waals surface area (Å²) >= 11 is 12.1. The number of methoxy groups -OCH3 is 1. The quantitative estimate of drug-likeness (QED) is 0.833. The van der Waals surface area contributed by atoms with Gasteiger partial charge in [-0.3, -0.25) is 4.90 Å². The Kier molecular flexibility index (Phi) is 6.50. The molecule has 1 aliphatic heterocycles. The number of benzene rings is 1. The number of rotatable bonds is 5. The Bertz CT molecular complexity index is 519. The second-order valence-corrected chi connectivity index (χ2v) is 6.57. The highest BCUT2D eigenvalue weighted by molar-refractivity contribution is 6.42. The van der Waals surface area contributed by atoms with Gasteiger partial charge in [0.25, 0.3) is 0 Å². The van der Waals surface area contributed by atoms with Crippen LogP contribution in [0.4, 0.5) is 0 Å². The third-order valence-corrected chi connectivity index (χ3v) is 4.81. The molecule has 0 radical (unpaired) electrons. The van der Waals surface area contributed by atoms with Crippen LogP contribution < -0.4 is 5.32 Å². The molecule has 0 spiro atoms. The molecule has 1 heterocycles. The molecule has 0 saturated carbocycles. The molecule has 0 aliphatic carbocycles. The first-order chi connectivity index (χ1) is 10.5. The fourth-order valence-corrected chi connectivity index (χ4v) is 3.26. The van der Waals surface area contributed by atoms with Crippen molar-refractivity contribution in [3.05, 3.63) is 33.8 Å². The lowest BCUT2D eigenvalue weighted by atomic mass is 9.97. The van der Waals surface area contributed by atoms with Gasteiger partial charge in [0.2, 0.25) is 0 Å². The number of hydrogen-bond acceptors (Lipinski definition) is 4. The van der Waals surface area contributed by atoms with E-state index in [1.807, 2.05) is 18.0 Å². The zero-order valence-corrected chi connectivity index (χ0v) is 14.5. The van der Waals surface area contributed by atoms with E-state index in [-0.39, 0.29) is 5.97 Å². The Balaban J connectivity index is 2.17. The smallest absolute Gasteiger partial charge is 0.327 e. The first kappa shape index (κ1) is 17.5. The van der Waals surface area contributed by atoms with Gasteiger partial charge in [0.15, 0.2) is 0 Å². The molecule has 0 amide bonds. The molecule has 22 heavy (non-hydrogen) atoms. The maximum absolute atomic E-state index is 12.2. The van der Waals surface area contributed by atoms with Crippen LogP contribution in [0.15, 0.2) is 18.2 Å². The Morgan fingerprint density at radius 1 is 1.45 bits per heavy atom. The van der Waals surface area contributed by atoms with E-state index in [4.69, 9.17) is 27.9 Å². The van der Waals surface area contributed by atoms with Gasteiger partial charge >= 0.3 is 5.97 Å². The number of piperidine rings is 1. The molecule has 1 fully saturated rings. The SMILES string of the molecule is COC(=O)C(c1ccc(Cl)c(Cl)c1)N(C)CC1CCCNC1. The highest BCUT2D eigenvalue weighted by atomic mass is 35.5. The van der Waals surface area contributed by atoms with Gasteiger partial charge in [0.1, 0.15) is 6.04 Å². The van der Waals surface area contributed by atoms with Crippen molar-refractivity contribution in [3.63, 3.8) is 0 Å². The first-order valence-electron chi connectivity index (χ1n) is 7.46. The summed E-state index contributed by atoms with van der Waals surface area (Å²) in [6.07, 6.45) is 2.35. The van der Waals surface area contributed by atoms with Gasteiger partial charge in [-0.25, -0.2) is 4.79 Å². The summed E-state index contributed by atoms with van der Waals surface area (Å²) < 4.78 is 4.97. The number of likely N-dealkylation sites (N-methyl/N-ethyl adjacent to an activating group) is 1. The standard InChI is InChI=1S/C16H22Cl2N2O2/c1-20(10-11-4-3-7-19-9-11)15(16(21)22-2)12-5-6-13(17)14(18)8-12/h5-6,8,11,15,19H,3-4,7,9-10H2,1-2H3. The van der Waals surface area contributed by atoms with Crippen molar-refractivity contribution < 1.29 is 9.53 Å². The van der Waals surface area contributed by atoms with Crippen molar-refractivity contribution in [2.24, 2.45) is 5.92 Å². The van der Waals surface area contributed by atoms with E-state index in [1.165, 1.54) is 20.0 Å². The highest BCUT2D eigenvalue weighted by Crippen LogP contribution is 2.29. The largest absolute Gasteiger partial charge is 0.468 e. The van der Waals surface area contributed by atoms with Crippen LogP contribution >= 0.6 is 23.2 Å². The van der Waals surface area contributed by atoms with Crippen LogP contribution in [-0.4, -0.2) is 44.7 Å². The molecule has 2 unspecified atom stereocenters. The lowest BCUT2D eigenvalue weighted by Crippen LogP contribution is -2.40. The fraction of sp³-hybridized carbons (Fsp3) is 0.562. The van der Waals surface area contributed by atoms with E-state index in [0.717, 1.165) is 25.2 Å². The first-order valence-corrected chi connectivity index (χ1v) is 8.22. The average molecular weight is 345 g/mol. The number of hydrogen-bond donors (Lipinski definition) is 1. The van der Waals surface area contributed by atoms with E-state index in [0.29, 0.717) is 16.0 Å². The second-order valence-electron chi connectivity index (χ2n) is 5.75. The Labute approximate surface area is 141 Å². The van der Waals surface area contributed by atoms with Crippen LogP contribution in [0, 0.1) is 5.92 Å². The minimum atomic E-state index is -0.471. The third-order valence-electron chi connectivity index (χ3n) is 4.07. The number of nitrogens with zero attached hydrogens (tertiary/aromatic N) is 1. The molecule has 4 nitrogen and oxygen atoms in total. The number of nitrogens with one attached hydrogen (secondary N) is 1. The van der Waals surface area contributed by atoms with Crippen molar-refractivity contribution in [1.82, 2.24) is 10.2 Å². The molecule has 2 atom stereocenters. The number of esters is 1. The van der Waals surface area contributed by atoms with Crippen LogP contribution in [0.2, 0.25) is 10.0 Å². The van der Waals surface area contributed by atoms with Crippen LogP contribution in [0.5, 0.6) is 0 Å². The normalized spacial score (nSPS) is 20.0. The second kappa shape index (κ2) is 8.16. The number of halogens is 2. The van der Waals surface area contributed by atoms with Gasteiger partial charge in [-0.2, -0.15) is 0 Å². The molecule has 1 aliphatic rings. The van der Waals surface area contributed by atoms with Gasteiger partial charge in [-0.05, 0) is 56.6 Å². The summed E-state index contributed by atoms with van der Waals surface area (Å²) in [6.45, 7) is 2.89. The average Bonchev–Trinajstić information content (AvgIpc) is 2.51. The van der Waals surface area contributed by atoms with Crippen LogP contribution in [0.3, 0.4) is 0 Å². The van der Waals surface area contributed by atoms with Crippen LogP contribution in [-0.2, 0) is 9.53 Å². The zero-order chi connectivity index (χ0) is 16.1. The lowest BCUT2D eigenvalue weighted by molar-refractivity contribution is -0.147. The van der Waals surface area contributed by atoms with Crippen molar-refractivity contribution in [2.75, 3.05) is 33.8 Å². The number of carbonyl (C=O) groups is 1. The van der Waals surface area contributed by atoms with E-state index in [1.54, 1.807) is 12.1 Å². The van der Waals surface area contributed by atoms with Crippen LogP contribution in [0.25, 0.3) is 0 Å². The predicted molar refractivity (Wildman–Crippen MR) is 89.4 cm³/mol. The van der Waals surface area contributed by atoms with Gasteiger partial charge in [-0.15, -0.1) is 0 Å². The van der Waals surface area contributed by atoms with Crippen LogP contribution in [0.1, 0.15) is 24.4 Å². The minimum absolute atomic E-state index is 0.287. The van der Waals surface area contributed by atoms with Crippen molar-refractivity contribution in [1.29, 1.82) is 0 Å². The molecule has 122 valence electrons. The minimum Gasteiger partial charge on any atom is -0.468 e. The topological polar surface area (TPSA) is 41.6 Å². The molecule has 0 bridgehead atoms. The summed E-state index contributed by atoms with van der Waals surface area (Å²) in [7, 11) is 3.35. The number of ether oxygens (including phenoxy) is 1. The Morgan fingerprint density at radius 3 is 2.82 bits per heavy atom. The molecule has 6 heteroatoms. The van der Waals surface area contributed by atoms with Gasteiger partial charge < -0.3 is 10.1 Å². The zero-order valence-electron chi connectivity index (χ0n) is 12.9. The highest BCUT2D eigenvalue weighted by Gasteiger charge is 2.28. The van der Waals surface area contributed by atoms with E-state index < -0.39 is 6.04 Å². The van der Waals surface area contributed by atoms with Gasteiger partial charge in [0, 0.05) is 6.54 Å². The molecule has 1 aromatic rings. The van der Waals surface area contributed by atoms with E-state index >= 15 is 0 Å². The summed E-state index contributed by atoms with van der Waals surface area (Å²) in [5.41, 5.74) is 0.799. The summed E-state index contributed by atoms with van der Waals surface area (Å²) in [5.74, 6) is 0.248. The fourth-order valence-electron chi connectivity index (χ4n) is 2.96. The summed E-state index contributed by atoms with van der Waals surface area (Å²) in [5, 5.41) is 4.32. The maximum atomic E-state index is 12.2. The Morgan fingerprint density at radius 2 is 2.23 bits per heavy atom. The van der Waals surface area contributed by atoms with Gasteiger partial charge in [-0.1, -0.05) is 29.3 Å². The Hall–Kier alpha value is -0.810. The number of carbonyl (C=O) groups excluding carboxylic acids is 1.